The quantitative estimate of drug-likeness (QED) is 0.456. The molecule has 0 N–H and O–H groups in total. The van der Waals surface area contributed by atoms with Crippen LogP contribution < -0.4 is 14.2 Å². The second kappa shape index (κ2) is 7.67. The topological polar surface area (TPSA) is 75.0 Å². The highest BCUT2D eigenvalue weighted by atomic mass is 16.5. The van der Waals surface area contributed by atoms with Crippen LogP contribution in [0.3, 0.4) is 0 Å². The first-order chi connectivity index (χ1) is 14.0. The Labute approximate surface area is 167 Å². The Balaban J connectivity index is 1.44. The smallest absolute Gasteiger partial charge is 0.232 e. The summed E-state index contributed by atoms with van der Waals surface area (Å²) >= 11 is 0. The SMILES string of the molecule is COc1ccc(C(=O)COc2ccc3c(c2)O/C(=C\c2ccc(C)o2)C3=O)cc1. The van der Waals surface area contributed by atoms with Crippen LogP contribution in [0, 0.1) is 6.92 Å². The second-order valence-corrected chi connectivity index (χ2v) is 6.49. The lowest BCUT2D eigenvalue weighted by Gasteiger charge is -2.07. The fourth-order valence-electron chi connectivity index (χ4n) is 2.93. The fourth-order valence-corrected chi connectivity index (χ4v) is 2.93. The van der Waals surface area contributed by atoms with Gasteiger partial charge in [-0.3, -0.25) is 9.59 Å². The van der Waals surface area contributed by atoms with Crippen molar-refractivity contribution in [3.63, 3.8) is 0 Å². The molecule has 0 amide bonds. The van der Waals surface area contributed by atoms with Gasteiger partial charge in [-0.05, 0) is 55.5 Å². The molecule has 0 bridgehead atoms. The van der Waals surface area contributed by atoms with Gasteiger partial charge >= 0.3 is 0 Å². The number of fused-ring (bicyclic) bond motifs is 1. The van der Waals surface area contributed by atoms with Crippen molar-refractivity contribution in [3.05, 3.63) is 83.0 Å². The number of ketones is 2. The summed E-state index contributed by atoms with van der Waals surface area (Å²) in [6, 6.07) is 15.2. The van der Waals surface area contributed by atoms with E-state index in [4.69, 9.17) is 18.6 Å². The summed E-state index contributed by atoms with van der Waals surface area (Å²) in [6.45, 7) is 1.69. The van der Waals surface area contributed by atoms with Gasteiger partial charge in [-0.1, -0.05) is 0 Å². The van der Waals surface area contributed by atoms with Gasteiger partial charge in [0.2, 0.25) is 5.78 Å². The van der Waals surface area contributed by atoms with E-state index >= 15 is 0 Å². The number of carbonyl (C=O) groups excluding carboxylic acids is 2. The number of rotatable bonds is 6. The number of allylic oxidation sites excluding steroid dienone is 1. The zero-order chi connectivity index (χ0) is 20.4. The Bertz CT molecular complexity index is 1100. The lowest BCUT2D eigenvalue weighted by Crippen LogP contribution is -2.11. The lowest BCUT2D eigenvalue weighted by atomic mass is 10.1. The molecular formula is C23H18O6. The highest BCUT2D eigenvalue weighted by Crippen LogP contribution is 2.35. The number of hydrogen-bond donors (Lipinski definition) is 0. The molecule has 0 fully saturated rings. The molecular weight excluding hydrogens is 372 g/mol. The van der Waals surface area contributed by atoms with Crippen molar-refractivity contribution in [2.24, 2.45) is 0 Å². The van der Waals surface area contributed by atoms with Crippen LogP contribution in [0.15, 0.2) is 64.8 Å². The Kier molecular flexibility index (Phi) is 4.91. The van der Waals surface area contributed by atoms with Gasteiger partial charge < -0.3 is 18.6 Å². The number of Topliss-reactive ketones (excluding diaryl/α,β-unsaturated/α-hetero) is 2. The van der Waals surface area contributed by atoms with E-state index in [1.807, 2.05) is 13.0 Å². The zero-order valence-electron chi connectivity index (χ0n) is 15.9. The number of furan rings is 1. The number of benzene rings is 2. The second-order valence-electron chi connectivity index (χ2n) is 6.49. The third-order valence-corrected chi connectivity index (χ3v) is 4.46. The van der Waals surface area contributed by atoms with Gasteiger partial charge in [-0.15, -0.1) is 0 Å². The van der Waals surface area contributed by atoms with Crippen molar-refractivity contribution in [2.75, 3.05) is 13.7 Å². The molecule has 146 valence electrons. The maximum Gasteiger partial charge on any atom is 0.232 e. The van der Waals surface area contributed by atoms with E-state index < -0.39 is 0 Å². The van der Waals surface area contributed by atoms with Crippen molar-refractivity contribution < 1.29 is 28.2 Å². The van der Waals surface area contributed by atoms with Gasteiger partial charge in [0.05, 0.1) is 12.7 Å². The van der Waals surface area contributed by atoms with Crippen LogP contribution >= 0.6 is 0 Å². The van der Waals surface area contributed by atoms with Gasteiger partial charge in [0.25, 0.3) is 0 Å². The van der Waals surface area contributed by atoms with Crippen molar-refractivity contribution in [3.8, 4) is 17.2 Å². The molecule has 1 aliphatic rings. The molecule has 0 saturated carbocycles. The highest BCUT2D eigenvalue weighted by Gasteiger charge is 2.28. The third-order valence-electron chi connectivity index (χ3n) is 4.46. The van der Waals surface area contributed by atoms with E-state index in [2.05, 4.69) is 0 Å². The summed E-state index contributed by atoms with van der Waals surface area (Å²) in [5.74, 6) is 2.58. The summed E-state index contributed by atoms with van der Waals surface area (Å²) in [5, 5.41) is 0. The maximum absolute atomic E-state index is 12.5. The minimum absolute atomic E-state index is 0.132. The van der Waals surface area contributed by atoms with Crippen molar-refractivity contribution >= 4 is 17.6 Å². The normalized spacial score (nSPS) is 13.9. The Morgan fingerprint density at radius 2 is 1.79 bits per heavy atom. The predicted molar refractivity (Wildman–Crippen MR) is 106 cm³/mol. The van der Waals surface area contributed by atoms with Crippen LogP contribution in [-0.4, -0.2) is 25.3 Å². The van der Waals surface area contributed by atoms with Crippen LogP contribution in [0.5, 0.6) is 17.2 Å². The molecule has 2 heterocycles. The van der Waals surface area contributed by atoms with Crippen molar-refractivity contribution in [1.29, 1.82) is 0 Å². The summed E-state index contributed by atoms with van der Waals surface area (Å²) in [4.78, 5) is 24.8. The monoisotopic (exact) mass is 390 g/mol. The molecule has 0 aliphatic carbocycles. The molecule has 2 aromatic carbocycles. The van der Waals surface area contributed by atoms with Gasteiger partial charge in [0.1, 0.15) is 28.8 Å². The number of carbonyl (C=O) groups is 2. The number of methoxy groups -OCH3 is 1. The van der Waals surface area contributed by atoms with E-state index in [-0.39, 0.29) is 23.9 Å². The fraction of sp³-hybridized carbons (Fsp3) is 0.130. The molecule has 0 saturated heterocycles. The van der Waals surface area contributed by atoms with Gasteiger partial charge in [0, 0.05) is 17.7 Å². The molecule has 1 aromatic heterocycles. The third kappa shape index (κ3) is 3.91. The minimum Gasteiger partial charge on any atom is -0.497 e. The first-order valence-electron chi connectivity index (χ1n) is 8.98. The standard InChI is InChI=1S/C23H18O6/c1-14-3-6-18(28-14)12-22-23(25)19-10-9-17(11-21(19)29-22)27-13-20(24)15-4-7-16(26-2)8-5-15/h3-12H,13H2,1-2H3/b22-12-. The summed E-state index contributed by atoms with van der Waals surface area (Å²) in [6.07, 6.45) is 1.56. The number of aryl methyl sites for hydroxylation is 1. The zero-order valence-corrected chi connectivity index (χ0v) is 15.9. The van der Waals surface area contributed by atoms with E-state index in [0.29, 0.717) is 34.1 Å². The highest BCUT2D eigenvalue weighted by molar-refractivity contribution is 6.14. The summed E-state index contributed by atoms with van der Waals surface area (Å²) in [5.41, 5.74) is 0.964. The molecule has 1 aliphatic heterocycles. The summed E-state index contributed by atoms with van der Waals surface area (Å²) in [7, 11) is 1.57. The molecule has 0 unspecified atom stereocenters. The maximum atomic E-state index is 12.5. The molecule has 0 spiro atoms. The van der Waals surface area contributed by atoms with Gasteiger partial charge in [-0.2, -0.15) is 0 Å². The molecule has 6 nitrogen and oxygen atoms in total. The van der Waals surface area contributed by atoms with Gasteiger partial charge in [-0.25, -0.2) is 0 Å². The average molecular weight is 390 g/mol. The largest absolute Gasteiger partial charge is 0.497 e. The average Bonchev–Trinajstić information content (AvgIpc) is 3.29. The summed E-state index contributed by atoms with van der Waals surface area (Å²) < 4.78 is 21.8. The number of ether oxygens (including phenoxy) is 3. The van der Waals surface area contributed by atoms with Crippen molar-refractivity contribution in [2.45, 2.75) is 6.92 Å². The molecule has 4 rings (SSSR count). The minimum atomic E-state index is -0.227. The van der Waals surface area contributed by atoms with E-state index in [0.717, 1.165) is 5.76 Å². The van der Waals surface area contributed by atoms with E-state index in [1.165, 1.54) is 0 Å². The Hall–Kier alpha value is -3.80. The van der Waals surface area contributed by atoms with Crippen LogP contribution in [-0.2, 0) is 0 Å². The van der Waals surface area contributed by atoms with E-state index in [1.54, 1.807) is 61.7 Å². The van der Waals surface area contributed by atoms with E-state index in [9.17, 15) is 9.59 Å². The van der Waals surface area contributed by atoms with Gasteiger partial charge in [0.15, 0.2) is 18.1 Å². The Morgan fingerprint density at radius 3 is 2.48 bits per heavy atom. The molecule has 6 heteroatoms. The van der Waals surface area contributed by atoms with Crippen LogP contribution in [0.1, 0.15) is 32.2 Å². The predicted octanol–water partition coefficient (Wildman–Crippen LogP) is 4.47. The first kappa shape index (κ1) is 18.6. The Morgan fingerprint density at radius 1 is 1.03 bits per heavy atom. The first-order valence-corrected chi connectivity index (χ1v) is 8.98. The molecule has 3 aromatic rings. The van der Waals surface area contributed by atoms with Crippen molar-refractivity contribution in [1.82, 2.24) is 0 Å². The number of hydrogen-bond acceptors (Lipinski definition) is 6. The van der Waals surface area contributed by atoms with Crippen LogP contribution in [0.2, 0.25) is 0 Å². The molecule has 0 radical (unpaired) electrons. The molecule has 0 atom stereocenters. The van der Waals surface area contributed by atoms with Crippen LogP contribution in [0.4, 0.5) is 0 Å². The lowest BCUT2D eigenvalue weighted by molar-refractivity contribution is 0.0920. The molecule has 29 heavy (non-hydrogen) atoms. The van der Waals surface area contributed by atoms with Crippen LogP contribution in [0.25, 0.3) is 6.08 Å².